The van der Waals surface area contributed by atoms with Crippen LogP contribution < -0.4 is 0 Å². The largest absolute Gasteiger partial charge is 0.299 e. The predicted molar refractivity (Wildman–Crippen MR) is 72.5 cm³/mol. The predicted octanol–water partition coefficient (Wildman–Crippen LogP) is 3.24. The second-order valence-electron chi connectivity index (χ2n) is 4.65. The van der Waals surface area contributed by atoms with Crippen LogP contribution in [0, 0.1) is 6.92 Å². The Morgan fingerprint density at radius 1 is 1.28 bits per heavy atom. The Kier molecular flexibility index (Phi) is 4.03. The lowest BCUT2D eigenvalue weighted by molar-refractivity contribution is -0.118. The third-order valence-corrected chi connectivity index (χ3v) is 2.94. The minimum absolute atomic E-state index is 0.302. The fraction of sp³-hybridized carbons (Fsp3) is 0.400. The molecule has 1 aromatic heterocycles. The summed E-state index contributed by atoms with van der Waals surface area (Å²) in [6.07, 6.45) is 4.98. The van der Waals surface area contributed by atoms with E-state index in [9.17, 15) is 4.79 Å². The van der Waals surface area contributed by atoms with E-state index in [4.69, 9.17) is 0 Å². The van der Waals surface area contributed by atoms with Crippen LogP contribution in [0.25, 0.3) is 11.0 Å². The summed E-state index contributed by atoms with van der Waals surface area (Å²) in [5.41, 5.74) is 3.69. The molecule has 0 unspecified atom stereocenters. The van der Waals surface area contributed by atoms with Crippen molar-refractivity contribution in [2.45, 2.75) is 39.5 Å². The number of rotatable bonds is 5. The van der Waals surface area contributed by atoms with E-state index in [1.807, 2.05) is 25.1 Å². The zero-order chi connectivity index (χ0) is 13.0. The summed E-state index contributed by atoms with van der Waals surface area (Å²) >= 11 is 0. The first-order valence-corrected chi connectivity index (χ1v) is 6.43. The summed E-state index contributed by atoms with van der Waals surface area (Å²) in [5.74, 6) is 0.302. The highest BCUT2D eigenvalue weighted by atomic mass is 16.1. The molecule has 0 saturated heterocycles. The van der Waals surface area contributed by atoms with E-state index in [0.717, 1.165) is 35.1 Å². The summed E-state index contributed by atoms with van der Waals surface area (Å²) in [6, 6.07) is 5.88. The molecule has 0 atom stereocenters. The maximum atomic E-state index is 11.7. The van der Waals surface area contributed by atoms with Gasteiger partial charge in [0.2, 0.25) is 0 Å². The number of hydrogen-bond acceptors (Lipinski definition) is 3. The Balaban J connectivity index is 2.15. The van der Waals surface area contributed by atoms with Crippen LogP contribution in [0.3, 0.4) is 0 Å². The van der Waals surface area contributed by atoms with Gasteiger partial charge >= 0.3 is 0 Å². The van der Waals surface area contributed by atoms with Gasteiger partial charge in [-0.25, -0.2) is 4.98 Å². The molecule has 0 saturated carbocycles. The van der Waals surface area contributed by atoms with Gasteiger partial charge in [-0.3, -0.25) is 9.78 Å². The zero-order valence-corrected chi connectivity index (χ0v) is 10.9. The summed E-state index contributed by atoms with van der Waals surface area (Å²) < 4.78 is 0. The second-order valence-corrected chi connectivity index (χ2v) is 4.65. The van der Waals surface area contributed by atoms with E-state index < -0.39 is 0 Å². The highest BCUT2D eigenvalue weighted by Gasteiger charge is 2.05. The van der Waals surface area contributed by atoms with Crippen molar-refractivity contribution in [2.75, 3.05) is 0 Å². The SMILES string of the molecule is CCCCC(=O)Cc1ccc2nc(C)cnc2c1. The molecule has 18 heavy (non-hydrogen) atoms. The van der Waals surface area contributed by atoms with Crippen LogP contribution in [0.2, 0.25) is 0 Å². The van der Waals surface area contributed by atoms with Crippen LogP contribution in [-0.4, -0.2) is 15.8 Å². The first-order chi connectivity index (χ1) is 8.69. The second kappa shape index (κ2) is 5.71. The molecule has 1 heterocycles. The molecule has 2 aromatic rings. The number of unbranched alkanes of at least 4 members (excludes halogenated alkanes) is 1. The first-order valence-electron chi connectivity index (χ1n) is 6.43. The van der Waals surface area contributed by atoms with Crippen LogP contribution in [0.5, 0.6) is 0 Å². The van der Waals surface area contributed by atoms with Crippen LogP contribution in [0.1, 0.15) is 37.4 Å². The Bertz CT molecular complexity index is 563. The van der Waals surface area contributed by atoms with Gasteiger partial charge in [0.25, 0.3) is 0 Å². The molecular formula is C15H18N2O. The first kappa shape index (κ1) is 12.7. The number of ketones is 1. The van der Waals surface area contributed by atoms with Gasteiger partial charge in [0.15, 0.2) is 0 Å². The molecule has 1 aromatic carbocycles. The maximum absolute atomic E-state index is 11.7. The molecule has 0 aliphatic carbocycles. The Morgan fingerprint density at radius 3 is 2.89 bits per heavy atom. The number of hydrogen-bond donors (Lipinski definition) is 0. The number of benzene rings is 1. The van der Waals surface area contributed by atoms with Crippen molar-refractivity contribution < 1.29 is 4.79 Å². The fourth-order valence-electron chi connectivity index (χ4n) is 1.95. The summed E-state index contributed by atoms with van der Waals surface area (Å²) in [6.45, 7) is 4.02. The molecule has 0 spiro atoms. The van der Waals surface area contributed by atoms with Crippen LogP contribution >= 0.6 is 0 Å². The average Bonchev–Trinajstić information content (AvgIpc) is 2.36. The van der Waals surface area contributed by atoms with Crippen molar-refractivity contribution in [1.29, 1.82) is 0 Å². The van der Waals surface area contributed by atoms with Gasteiger partial charge < -0.3 is 0 Å². The normalized spacial score (nSPS) is 10.8. The molecule has 3 heteroatoms. The highest BCUT2D eigenvalue weighted by Crippen LogP contribution is 2.13. The standard InChI is InChI=1S/C15H18N2O/c1-3-4-5-13(18)8-12-6-7-14-15(9-12)16-10-11(2)17-14/h6-7,9-10H,3-5,8H2,1-2H3. The molecule has 3 nitrogen and oxygen atoms in total. The molecule has 0 amide bonds. The minimum Gasteiger partial charge on any atom is -0.299 e. The molecule has 0 aliphatic rings. The Labute approximate surface area is 107 Å². The summed E-state index contributed by atoms with van der Waals surface area (Å²) in [4.78, 5) is 20.5. The van der Waals surface area contributed by atoms with Crippen molar-refractivity contribution in [3.8, 4) is 0 Å². The number of aryl methyl sites for hydroxylation is 1. The minimum atomic E-state index is 0.302. The maximum Gasteiger partial charge on any atom is 0.137 e. The highest BCUT2D eigenvalue weighted by molar-refractivity contribution is 5.82. The molecule has 0 fully saturated rings. The third-order valence-electron chi connectivity index (χ3n) is 2.94. The lowest BCUT2D eigenvalue weighted by Gasteiger charge is -2.03. The fourth-order valence-corrected chi connectivity index (χ4v) is 1.95. The van der Waals surface area contributed by atoms with Crippen molar-refractivity contribution in [3.05, 3.63) is 35.7 Å². The number of carbonyl (C=O) groups is 1. The molecule has 0 radical (unpaired) electrons. The van der Waals surface area contributed by atoms with Gasteiger partial charge in [-0.1, -0.05) is 19.4 Å². The van der Waals surface area contributed by atoms with E-state index in [2.05, 4.69) is 16.9 Å². The molecule has 0 aliphatic heterocycles. The average molecular weight is 242 g/mol. The zero-order valence-electron chi connectivity index (χ0n) is 10.9. The third kappa shape index (κ3) is 3.13. The number of nitrogens with zero attached hydrogens (tertiary/aromatic N) is 2. The number of Topliss-reactive ketones (excluding diaryl/α,β-unsaturated/α-hetero) is 1. The lowest BCUT2D eigenvalue weighted by atomic mass is 10.0. The van der Waals surface area contributed by atoms with Crippen molar-refractivity contribution >= 4 is 16.8 Å². The summed E-state index contributed by atoms with van der Waals surface area (Å²) in [7, 11) is 0. The molecule has 94 valence electrons. The number of fused-ring (bicyclic) bond motifs is 1. The van der Waals surface area contributed by atoms with Gasteiger partial charge in [-0.15, -0.1) is 0 Å². The van der Waals surface area contributed by atoms with Crippen molar-refractivity contribution in [3.63, 3.8) is 0 Å². The number of carbonyl (C=O) groups excluding carboxylic acids is 1. The quantitative estimate of drug-likeness (QED) is 0.808. The van der Waals surface area contributed by atoms with Gasteiger partial charge in [0, 0.05) is 19.0 Å². The van der Waals surface area contributed by atoms with Crippen molar-refractivity contribution in [2.24, 2.45) is 0 Å². The van der Waals surface area contributed by atoms with Crippen LogP contribution in [-0.2, 0) is 11.2 Å². The molecule has 0 bridgehead atoms. The van der Waals surface area contributed by atoms with E-state index >= 15 is 0 Å². The lowest BCUT2D eigenvalue weighted by Crippen LogP contribution is -2.02. The summed E-state index contributed by atoms with van der Waals surface area (Å²) in [5, 5.41) is 0. The molecular weight excluding hydrogens is 224 g/mol. The van der Waals surface area contributed by atoms with E-state index in [-0.39, 0.29) is 0 Å². The van der Waals surface area contributed by atoms with E-state index in [1.165, 1.54) is 0 Å². The number of aromatic nitrogens is 2. The van der Waals surface area contributed by atoms with Gasteiger partial charge in [-0.05, 0) is 31.0 Å². The topological polar surface area (TPSA) is 42.9 Å². The molecule has 0 N–H and O–H groups in total. The van der Waals surface area contributed by atoms with Gasteiger partial charge in [0.1, 0.15) is 5.78 Å². The van der Waals surface area contributed by atoms with Crippen molar-refractivity contribution in [1.82, 2.24) is 9.97 Å². The Morgan fingerprint density at radius 2 is 2.11 bits per heavy atom. The van der Waals surface area contributed by atoms with Gasteiger partial charge in [0.05, 0.1) is 16.7 Å². The van der Waals surface area contributed by atoms with E-state index in [1.54, 1.807) is 6.20 Å². The monoisotopic (exact) mass is 242 g/mol. The van der Waals surface area contributed by atoms with Gasteiger partial charge in [-0.2, -0.15) is 0 Å². The van der Waals surface area contributed by atoms with E-state index in [0.29, 0.717) is 18.6 Å². The van der Waals surface area contributed by atoms with Crippen LogP contribution in [0.15, 0.2) is 24.4 Å². The molecule has 2 rings (SSSR count). The van der Waals surface area contributed by atoms with Crippen LogP contribution in [0.4, 0.5) is 0 Å². The Hall–Kier alpha value is -1.77. The smallest absolute Gasteiger partial charge is 0.137 e.